The van der Waals surface area contributed by atoms with Gasteiger partial charge in [0.2, 0.25) is 0 Å². The normalized spacial score (nSPS) is 20.4. The fraction of sp³-hybridized carbons (Fsp3) is 0.571. The highest BCUT2D eigenvalue weighted by Crippen LogP contribution is 2.30. The molecule has 1 heterocycles. The van der Waals surface area contributed by atoms with Gasteiger partial charge in [-0.25, -0.2) is 4.39 Å². The second-order valence-electron chi connectivity index (χ2n) is 5.75. The summed E-state index contributed by atoms with van der Waals surface area (Å²) >= 11 is 0. The minimum absolute atomic E-state index is 0.303. The van der Waals surface area contributed by atoms with Gasteiger partial charge in [0, 0.05) is 6.54 Å². The molecule has 1 fully saturated rings. The summed E-state index contributed by atoms with van der Waals surface area (Å²) in [6.07, 6.45) is 2.39. The zero-order chi connectivity index (χ0) is 12.5. The summed E-state index contributed by atoms with van der Waals surface area (Å²) in [5.74, 6) is -0.306. The summed E-state index contributed by atoms with van der Waals surface area (Å²) in [5, 5.41) is 0. The monoisotopic (exact) mass is 236 g/mol. The van der Waals surface area contributed by atoms with E-state index in [-0.39, 0.29) is 5.82 Å². The summed E-state index contributed by atoms with van der Waals surface area (Å²) in [4.78, 5) is 2.36. The lowest BCUT2D eigenvalue weighted by molar-refractivity contribution is 0.127. The number of anilines is 1. The molecular weight excluding hydrogens is 215 g/mol. The number of nitrogens with zero attached hydrogens (tertiary/aromatic N) is 1. The van der Waals surface area contributed by atoms with Crippen molar-refractivity contribution >= 4 is 5.69 Å². The van der Waals surface area contributed by atoms with E-state index >= 15 is 0 Å². The van der Waals surface area contributed by atoms with Crippen molar-refractivity contribution in [2.75, 3.05) is 18.8 Å². The Morgan fingerprint density at radius 2 is 1.94 bits per heavy atom. The van der Waals surface area contributed by atoms with Gasteiger partial charge in [-0.05, 0) is 43.0 Å². The van der Waals surface area contributed by atoms with Gasteiger partial charge in [-0.3, -0.25) is 4.90 Å². The fourth-order valence-electron chi connectivity index (χ4n) is 2.28. The molecule has 0 aromatic heterocycles. The van der Waals surface area contributed by atoms with Crippen LogP contribution in [0, 0.1) is 11.2 Å². The number of hydrogen-bond donors (Lipinski definition) is 1. The van der Waals surface area contributed by atoms with Crippen LogP contribution < -0.4 is 5.73 Å². The lowest BCUT2D eigenvalue weighted by Gasteiger charge is -2.37. The van der Waals surface area contributed by atoms with Crippen molar-refractivity contribution in [3.63, 3.8) is 0 Å². The van der Waals surface area contributed by atoms with E-state index in [1.807, 2.05) is 6.07 Å². The van der Waals surface area contributed by atoms with Crippen molar-refractivity contribution < 1.29 is 4.39 Å². The van der Waals surface area contributed by atoms with Gasteiger partial charge in [-0.1, -0.05) is 26.0 Å². The van der Waals surface area contributed by atoms with Gasteiger partial charge < -0.3 is 5.73 Å². The van der Waals surface area contributed by atoms with Gasteiger partial charge in [0.15, 0.2) is 0 Å². The van der Waals surface area contributed by atoms with Crippen molar-refractivity contribution in [1.82, 2.24) is 4.90 Å². The molecule has 0 aliphatic carbocycles. The Kier molecular flexibility index (Phi) is 3.38. The van der Waals surface area contributed by atoms with Gasteiger partial charge >= 0.3 is 0 Å². The Bertz CT molecular complexity index is 391. The van der Waals surface area contributed by atoms with Gasteiger partial charge in [-0.2, -0.15) is 0 Å². The maximum Gasteiger partial charge on any atom is 0.146 e. The third kappa shape index (κ3) is 2.97. The standard InChI is InChI=1S/C14H21FN2/c1-14(2)6-8-17(9-7-14)10-11-4-3-5-12(15)13(11)16/h3-5H,6-10,16H2,1-2H3. The summed E-state index contributed by atoms with van der Waals surface area (Å²) in [7, 11) is 0. The third-order valence-corrected chi connectivity index (χ3v) is 3.75. The first-order chi connectivity index (χ1) is 7.98. The zero-order valence-electron chi connectivity index (χ0n) is 10.7. The van der Waals surface area contributed by atoms with Crippen LogP contribution in [0.1, 0.15) is 32.3 Å². The quantitative estimate of drug-likeness (QED) is 0.800. The maximum absolute atomic E-state index is 13.3. The van der Waals surface area contributed by atoms with Crippen LogP contribution in [0.2, 0.25) is 0 Å². The SMILES string of the molecule is CC1(C)CCN(Cc2cccc(F)c2N)CC1. The van der Waals surface area contributed by atoms with Crippen molar-refractivity contribution in [2.24, 2.45) is 5.41 Å². The molecule has 2 nitrogen and oxygen atoms in total. The number of halogens is 1. The van der Waals surface area contributed by atoms with Crippen molar-refractivity contribution in [1.29, 1.82) is 0 Å². The number of nitrogen functional groups attached to an aromatic ring is 1. The molecular formula is C14H21FN2. The predicted molar refractivity (Wildman–Crippen MR) is 69.1 cm³/mol. The number of likely N-dealkylation sites (tertiary alicyclic amines) is 1. The van der Waals surface area contributed by atoms with E-state index in [2.05, 4.69) is 18.7 Å². The summed E-state index contributed by atoms with van der Waals surface area (Å²) in [5.41, 5.74) is 7.41. The number of para-hydroxylation sites is 1. The Hall–Kier alpha value is -1.09. The fourth-order valence-corrected chi connectivity index (χ4v) is 2.28. The van der Waals surface area contributed by atoms with Gasteiger partial charge in [0.25, 0.3) is 0 Å². The molecule has 0 amide bonds. The summed E-state index contributed by atoms with van der Waals surface area (Å²) in [6, 6.07) is 5.06. The molecule has 1 saturated heterocycles. The van der Waals surface area contributed by atoms with E-state index in [1.165, 1.54) is 18.9 Å². The van der Waals surface area contributed by atoms with Gasteiger partial charge in [0.1, 0.15) is 5.82 Å². The lowest BCUT2D eigenvalue weighted by Crippen LogP contribution is -2.36. The Morgan fingerprint density at radius 3 is 2.59 bits per heavy atom. The van der Waals surface area contributed by atoms with E-state index < -0.39 is 0 Å². The Balaban J connectivity index is 2.00. The minimum Gasteiger partial charge on any atom is -0.396 e. The highest BCUT2D eigenvalue weighted by Gasteiger charge is 2.25. The number of piperidine rings is 1. The number of benzene rings is 1. The van der Waals surface area contributed by atoms with Crippen LogP contribution in [0.4, 0.5) is 10.1 Å². The van der Waals surface area contributed by atoms with Crippen LogP contribution in [-0.4, -0.2) is 18.0 Å². The first-order valence-corrected chi connectivity index (χ1v) is 6.23. The molecule has 0 unspecified atom stereocenters. The highest BCUT2D eigenvalue weighted by atomic mass is 19.1. The highest BCUT2D eigenvalue weighted by molar-refractivity contribution is 5.47. The number of nitrogens with two attached hydrogens (primary N) is 1. The number of hydrogen-bond acceptors (Lipinski definition) is 2. The van der Waals surface area contributed by atoms with Crippen LogP contribution in [0.5, 0.6) is 0 Å². The van der Waals surface area contributed by atoms with Crippen LogP contribution in [0.15, 0.2) is 18.2 Å². The number of rotatable bonds is 2. The second kappa shape index (κ2) is 4.65. The van der Waals surface area contributed by atoms with E-state index in [1.54, 1.807) is 6.07 Å². The van der Waals surface area contributed by atoms with E-state index in [9.17, 15) is 4.39 Å². The summed E-state index contributed by atoms with van der Waals surface area (Å²) < 4.78 is 13.3. The van der Waals surface area contributed by atoms with E-state index in [4.69, 9.17) is 5.73 Å². The Morgan fingerprint density at radius 1 is 1.29 bits per heavy atom. The average molecular weight is 236 g/mol. The molecule has 0 spiro atoms. The largest absolute Gasteiger partial charge is 0.396 e. The van der Waals surface area contributed by atoms with E-state index in [0.717, 1.165) is 25.2 Å². The topological polar surface area (TPSA) is 29.3 Å². The van der Waals surface area contributed by atoms with Crippen LogP contribution in [-0.2, 0) is 6.54 Å². The second-order valence-corrected chi connectivity index (χ2v) is 5.75. The van der Waals surface area contributed by atoms with Gasteiger partial charge in [0.05, 0.1) is 5.69 Å². The molecule has 1 aliphatic heterocycles. The average Bonchev–Trinajstić information content (AvgIpc) is 2.27. The maximum atomic E-state index is 13.3. The molecule has 94 valence electrons. The van der Waals surface area contributed by atoms with Crippen molar-refractivity contribution in [3.05, 3.63) is 29.6 Å². The molecule has 2 rings (SSSR count). The molecule has 0 radical (unpaired) electrons. The predicted octanol–water partition coefficient (Wildman–Crippen LogP) is 3.03. The molecule has 3 heteroatoms. The summed E-state index contributed by atoms with van der Waals surface area (Å²) in [6.45, 7) is 7.52. The van der Waals surface area contributed by atoms with Crippen LogP contribution in [0.3, 0.4) is 0 Å². The third-order valence-electron chi connectivity index (χ3n) is 3.75. The van der Waals surface area contributed by atoms with Crippen molar-refractivity contribution in [2.45, 2.75) is 33.2 Å². The zero-order valence-corrected chi connectivity index (χ0v) is 10.7. The first kappa shape index (κ1) is 12.4. The molecule has 0 bridgehead atoms. The molecule has 2 N–H and O–H groups in total. The molecule has 1 aliphatic rings. The molecule has 0 atom stereocenters. The molecule has 1 aromatic carbocycles. The van der Waals surface area contributed by atoms with Gasteiger partial charge in [-0.15, -0.1) is 0 Å². The molecule has 1 aromatic rings. The van der Waals surface area contributed by atoms with Crippen LogP contribution in [0.25, 0.3) is 0 Å². The minimum atomic E-state index is -0.306. The lowest BCUT2D eigenvalue weighted by atomic mass is 9.82. The van der Waals surface area contributed by atoms with E-state index in [0.29, 0.717) is 11.1 Å². The smallest absolute Gasteiger partial charge is 0.146 e. The molecule has 17 heavy (non-hydrogen) atoms. The van der Waals surface area contributed by atoms with Crippen LogP contribution >= 0.6 is 0 Å². The van der Waals surface area contributed by atoms with Crippen molar-refractivity contribution in [3.8, 4) is 0 Å². The molecule has 0 saturated carbocycles. The first-order valence-electron chi connectivity index (χ1n) is 6.23. The Labute approximate surface area is 103 Å².